The highest BCUT2D eigenvalue weighted by molar-refractivity contribution is 7.20. The van der Waals surface area contributed by atoms with E-state index in [1.165, 1.54) is 0 Å². The SMILES string of the molecule is O=C(NCC1CCCN(C(=O)c2cc3ccccc3s2)C1)C1CCOCC1. The number of nitrogens with one attached hydrogen (secondary N) is 1. The number of ether oxygens (including phenoxy) is 1. The molecule has 1 atom stereocenters. The summed E-state index contributed by atoms with van der Waals surface area (Å²) in [6.07, 6.45) is 3.68. The number of amides is 2. The molecular formula is C21H26N2O3S. The first-order valence-corrected chi connectivity index (χ1v) is 10.7. The zero-order chi connectivity index (χ0) is 18.6. The van der Waals surface area contributed by atoms with Crippen molar-refractivity contribution >= 4 is 33.2 Å². The molecule has 0 aliphatic carbocycles. The van der Waals surface area contributed by atoms with Gasteiger partial charge in [-0.15, -0.1) is 11.3 Å². The average molecular weight is 387 g/mol. The number of thiophene rings is 1. The van der Waals surface area contributed by atoms with E-state index in [-0.39, 0.29) is 17.7 Å². The lowest BCUT2D eigenvalue weighted by Crippen LogP contribution is -2.44. The fraction of sp³-hybridized carbons (Fsp3) is 0.524. The van der Waals surface area contributed by atoms with Gasteiger partial charge in [-0.3, -0.25) is 9.59 Å². The molecule has 2 saturated heterocycles. The van der Waals surface area contributed by atoms with Crippen LogP contribution in [0.2, 0.25) is 0 Å². The maximum atomic E-state index is 12.9. The lowest BCUT2D eigenvalue weighted by molar-refractivity contribution is -0.128. The summed E-state index contributed by atoms with van der Waals surface area (Å²) in [5, 5.41) is 4.24. The van der Waals surface area contributed by atoms with E-state index in [9.17, 15) is 9.59 Å². The Morgan fingerprint density at radius 2 is 2.00 bits per heavy atom. The molecule has 5 nitrogen and oxygen atoms in total. The lowest BCUT2D eigenvalue weighted by atomic mass is 9.96. The van der Waals surface area contributed by atoms with E-state index in [0.717, 1.165) is 53.7 Å². The number of nitrogens with zero attached hydrogens (tertiary/aromatic N) is 1. The Balaban J connectivity index is 1.33. The highest BCUT2D eigenvalue weighted by Crippen LogP contribution is 2.28. The minimum atomic E-state index is 0.0821. The maximum absolute atomic E-state index is 12.9. The molecule has 144 valence electrons. The molecule has 1 aromatic heterocycles. The van der Waals surface area contributed by atoms with Crippen molar-refractivity contribution in [3.63, 3.8) is 0 Å². The van der Waals surface area contributed by atoms with Crippen LogP contribution in [0.15, 0.2) is 30.3 Å². The molecule has 2 amide bonds. The number of rotatable bonds is 4. The molecule has 1 N–H and O–H groups in total. The van der Waals surface area contributed by atoms with Gasteiger partial charge in [0, 0.05) is 43.5 Å². The summed E-state index contributed by atoms with van der Waals surface area (Å²) < 4.78 is 6.48. The second-order valence-corrected chi connectivity index (χ2v) is 8.62. The molecule has 0 bridgehead atoms. The van der Waals surface area contributed by atoms with Gasteiger partial charge in [0.2, 0.25) is 5.91 Å². The van der Waals surface area contributed by atoms with Crippen LogP contribution in [0.25, 0.3) is 10.1 Å². The van der Waals surface area contributed by atoms with Crippen molar-refractivity contribution < 1.29 is 14.3 Å². The van der Waals surface area contributed by atoms with Crippen LogP contribution in [0.1, 0.15) is 35.4 Å². The average Bonchev–Trinajstić information content (AvgIpc) is 3.16. The molecule has 2 aliphatic heterocycles. The molecule has 0 spiro atoms. The number of hydrogen-bond acceptors (Lipinski definition) is 4. The maximum Gasteiger partial charge on any atom is 0.263 e. The normalized spacial score (nSPS) is 21.3. The number of piperidine rings is 1. The molecule has 2 aromatic rings. The van der Waals surface area contributed by atoms with E-state index < -0.39 is 0 Å². The number of carbonyl (C=O) groups excluding carboxylic acids is 2. The zero-order valence-electron chi connectivity index (χ0n) is 15.5. The van der Waals surface area contributed by atoms with Crippen LogP contribution in [-0.4, -0.2) is 49.6 Å². The molecule has 6 heteroatoms. The van der Waals surface area contributed by atoms with Gasteiger partial charge in [0.1, 0.15) is 0 Å². The van der Waals surface area contributed by atoms with Gasteiger partial charge in [-0.1, -0.05) is 18.2 Å². The molecule has 1 unspecified atom stereocenters. The molecule has 27 heavy (non-hydrogen) atoms. The number of carbonyl (C=O) groups is 2. The summed E-state index contributed by atoms with van der Waals surface area (Å²) in [6, 6.07) is 10.1. The molecule has 2 aliphatic rings. The molecule has 2 fully saturated rings. The minimum absolute atomic E-state index is 0.0821. The Hall–Kier alpha value is -1.92. The summed E-state index contributed by atoms with van der Waals surface area (Å²) in [4.78, 5) is 28.0. The summed E-state index contributed by atoms with van der Waals surface area (Å²) in [6.45, 7) is 3.54. The van der Waals surface area contributed by atoms with Gasteiger partial charge in [-0.05, 0) is 49.1 Å². The minimum Gasteiger partial charge on any atom is -0.381 e. The fourth-order valence-corrected chi connectivity index (χ4v) is 5.04. The van der Waals surface area contributed by atoms with Crippen LogP contribution in [0, 0.1) is 11.8 Å². The predicted octanol–water partition coefficient (Wildman–Crippen LogP) is 3.30. The van der Waals surface area contributed by atoms with E-state index in [1.54, 1.807) is 11.3 Å². The second kappa shape index (κ2) is 8.40. The second-order valence-electron chi connectivity index (χ2n) is 7.54. The van der Waals surface area contributed by atoms with Crippen molar-refractivity contribution in [1.82, 2.24) is 10.2 Å². The zero-order valence-corrected chi connectivity index (χ0v) is 16.3. The smallest absolute Gasteiger partial charge is 0.263 e. The number of hydrogen-bond donors (Lipinski definition) is 1. The van der Waals surface area contributed by atoms with Crippen molar-refractivity contribution in [2.24, 2.45) is 11.8 Å². The Morgan fingerprint density at radius 3 is 2.81 bits per heavy atom. The Bertz CT molecular complexity index is 780. The number of fused-ring (bicyclic) bond motifs is 1. The largest absolute Gasteiger partial charge is 0.381 e. The van der Waals surface area contributed by atoms with Crippen molar-refractivity contribution in [2.75, 3.05) is 32.8 Å². The van der Waals surface area contributed by atoms with Gasteiger partial charge in [-0.25, -0.2) is 0 Å². The molecule has 4 rings (SSSR count). The van der Waals surface area contributed by atoms with Crippen LogP contribution in [0.4, 0.5) is 0 Å². The van der Waals surface area contributed by atoms with Crippen LogP contribution in [0.3, 0.4) is 0 Å². The van der Waals surface area contributed by atoms with Gasteiger partial charge < -0.3 is 15.0 Å². The quantitative estimate of drug-likeness (QED) is 0.877. The molecule has 3 heterocycles. The summed E-state index contributed by atoms with van der Waals surface area (Å²) in [5.74, 6) is 0.683. The van der Waals surface area contributed by atoms with Crippen LogP contribution < -0.4 is 5.32 Å². The van der Waals surface area contributed by atoms with Crippen LogP contribution in [0.5, 0.6) is 0 Å². The third-order valence-corrected chi connectivity index (χ3v) is 6.70. The lowest BCUT2D eigenvalue weighted by Gasteiger charge is -2.33. The first-order valence-electron chi connectivity index (χ1n) is 9.84. The van der Waals surface area contributed by atoms with Gasteiger partial charge >= 0.3 is 0 Å². The third kappa shape index (κ3) is 4.33. The predicted molar refractivity (Wildman–Crippen MR) is 107 cm³/mol. The first-order chi connectivity index (χ1) is 13.2. The number of likely N-dealkylation sites (tertiary alicyclic amines) is 1. The van der Waals surface area contributed by atoms with E-state index >= 15 is 0 Å². The van der Waals surface area contributed by atoms with E-state index in [0.29, 0.717) is 25.7 Å². The van der Waals surface area contributed by atoms with Gasteiger partial charge in [0.15, 0.2) is 0 Å². The van der Waals surface area contributed by atoms with E-state index in [2.05, 4.69) is 11.4 Å². The fourth-order valence-electron chi connectivity index (χ4n) is 4.01. The van der Waals surface area contributed by atoms with Gasteiger partial charge in [0.05, 0.1) is 4.88 Å². The summed E-state index contributed by atoms with van der Waals surface area (Å²) in [5.41, 5.74) is 0. The van der Waals surface area contributed by atoms with Crippen LogP contribution >= 0.6 is 11.3 Å². The van der Waals surface area contributed by atoms with E-state index in [1.807, 2.05) is 29.2 Å². The van der Waals surface area contributed by atoms with Gasteiger partial charge in [-0.2, -0.15) is 0 Å². The molecule has 0 saturated carbocycles. The molecule has 0 radical (unpaired) electrons. The number of benzene rings is 1. The molecule has 1 aromatic carbocycles. The third-order valence-electron chi connectivity index (χ3n) is 5.60. The first kappa shape index (κ1) is 18.4. The van der Waals surface area contributed by atoms with Crippen LogP contribution in [-0.2, 0) is 9.53 Å². The monoisotopic (exact) mass is 386 g/mol. The van der Waals surface area contributed by atoms with Gasteiger partial charge in [0.25, 0.3) is 5.91 Å². The van der Waals surface area contributed by atoms with Crippen molar-refractivity contribution in [1.29, 1.82) is 0 Å². The van der Waals surface area contributed by atoms with E-state index in [4.69, 9.17) is 4.74 Å². The Labute approximate surface area is 163 Å². The van der Waals surface area contributed by atoms with Crippen molar-refractivity contribution in [2.45, 2.75) is 25.7 Å². The topological polar surface area (TPSA) is 58.6 Å². The van der Waals surface area contributed by atoms with Crippen molar-refractivity contribution in [3.8, 4) is 0 Å². The Kier molecular flexibility index (Phi) is 5.74. The van der Waals surface area contributed by atoms with Crippen molar-refractivity contribution in [3.05, 3.63) is 35.2 Å². The summed E-state index contributed by atoms with van der Waals surface area (Å²) >= 11 is 1.56. The molecular weight excluding hydrogens is 360 g/mol. The standard InChI is InChI=1S/C21H26N2O3S/c24-20(16-7-10-26-11-8-16)22-13-15-4-3-9-23(14-15)21(25)19-12-17-5-1-2-6-18(17)27-19/h1-2,5-6,12,15-16H,3-4,7-11,13-14H2,(H,22,24). The highest BCUT2D eigenvalue weighted by Gasteiger charge is 2.27. The summed E-state index contributed by atoms with van der Waals surface area (Å²) in [7, 11) is 0. The Morgan fingerprint density at radius 1 is 1.19 bits per heavy atom. The highest BCUT2D eigenvalue weighted by atomic mass is 32.1.